The Morgan fingerprint density at radius 1 is 1.24 bits per heavy atom. The molecule has 1 amide bonds. The van der Waals surface area contributed by atoms with Crippen LogP contribution in [0.3, 0.4) is 0 Å². The van der Waals surface area contributed by atoms with Crippen molar-refractivity contribution < 1.29 is 4.79 Å². The number of thiophene rings is 1. The first-order valence-corrected chi connectivity index (χ1v) is 11.0. The Labute approximate surface area is 177 Å². The lowest BCUT2D eigenvalue weighted by atomic mass is 9.91. The molecule has 0 bridgehead atoms. The van der Waals surface area contributed by atoms with Crippen molar-refractivity contribution in [2.45, 2.75) is 32.7 Å². The molecule has 3 rings (SSSR count). The first kappa shape index (κ1) is 21.2. The van der Waals surface area contributed by atoms with E-state index in [2.05, 4.69) is 83.4 Å². The first-order chi connectivity index (χ1) is 14.0. The third kappa shape index (κ3) is 5.97. The molecule has 3 N–H and O–H groups in total. The van der Waals surface area contributed by atoms with E-state index in [1.165, 1.54) is 4.88 Å². The lowest BCUT2D eigenvalue weighted by Crippen LogP contribution is -2.47. The quantitative estimate of drug-likeness (QED) is 0.482. The molecule has 1 aliphatic rings. The smallest absolute Gasteiger partial charge is 0.239 e. The standard InChI is InChI=1S/C22H31N5OS/c1-4-23-21(26-16-22(2,3)19-6-5-13-29-19)25-14-17-7-9-18(10-8-17)27-12-11-24-20(28)15-27/h5-10,13H,4,11-12,14-16H2,1-3H3,(H,24,28)(H2,23,25,26). The number of rotatable bonds is 7. The molecule has 2 heterocycles. The van der Waals surface area contributed by atoms with Crippen molar-refractivity contribution in [1.82, 2.24) is 16.0 Å². The van der Waals surface area contributed by atoms with Gasteiger partial charge in [-0.1, -0.05) is 32.0 Å². The Morgan fingerprint density at radius 2 is 2.03 bits per heavy atom. The largest absolute Gasteiger partial charge is 0.360 e. The van der Waals surface area contributed by atoms with Crippen LogP contribution in [0.5, 0.6) is 0 Å². The van der Waals surface area contributed by atoms with Crippen LogP contribution in [-0.4, -0.2) is 44.6 Å². The molecule has 1 fully saturated rings. The van der Waals surface area contributed by atoms with Crippen molar-refractivity contribution in [3.8, 4) is 0 Å². The van der Waals surface area contributed by atoms with E-state index in [1.807, 2.05) is 0 Å². The van der Waals surface area contributed by atoms with Crippen LogP contribution in [0, 0.1) is 0 Å². The van der Waals surface area contributed by atoms with Crippen molar-refractivity contribution in [2.75, 3.05) is 37.6 Å². The second-order valence-corrected chi connectivity index (χ2v) is 8.80. The van der Waals surface area contributed by atoms with Gasteiger partial charge in [-0.05, 0) is 36.1 Å². The highest BCUT2D eigenvalue weighted by Gasteiger charge is 2.22. The Bertz CT molecular complexity index is 814. The van der Waals surface area contributed by atoms with E-state index in [0.29, 0.717) is 19.6 Å². The average molecular weight is 414 g/mol. The van der Waals surface area contributed by atoms with Crippen molar-refractivity contribution in [2.24, 2.45) is 4.99 Å². The van der Waals surface area contributed by atoms with Crippen molar-refractivity contribution >= 4 is 28.9 Å². The monoisotopic (exact) mass is 413 g/mol. The Morgan fingerprint density at radius 3 is 2.69 bits per heavy atom. The van der Waals surface area contributed by atoms with Gasteiger partial charge in [0.25, 0.3) is 0 Å². The summed E-state index contributed by atoms with van der Waals surface area (Å²) in [7, 11) is 0. The molecule has 1 saturated heterocycles. The fraction of sp³-hybridized carbons (Fsp3) is 0.455. The number of amides is 1. The van der Waals surface area contributed by atoms with Gasteiger partial charge < -0.3 is 20.9 Å². The lowest BCUT2D eigenvalue weighted by molar-refractivity contribution is -0.120. The number of carbonyl (C=O) groups excluding carboxylic acids is 1. The van der Waals surface area contributed by atoms with Gasteiger partial charge in [0, 0.05) is 42.2 Å². The molecular formula is C22H31N5OS. The van der Waals surface area contributed by atoms with Crippen LogP contribution in [0.15, 0.2) is 46.8 Å². The Kier molecular flexibility index (Phi) is 7.14. The SMILES string of the molecule is CCNC(=NCc1ccc(N2CCNC(=O)C2)cc1)NCC(C)(C)c1cccs1. The molecule has 7 heteroatoms. The van der Waals surface area contributed by atoms with Crippen molar-refractivity contribution in [3.63, 3.8) is 0 Å². The van der Waals surface area contributed by atoms with Crippen molar-refractivity contribution in [1.29, 1.82) is 0 Å². The maximum absolute atomic E-state index is 11.6. The predicted octanol–water partition coefficient (Wildman–Crippen LogP) is 2.72. The molecule has 156 valence electrons. The summed E-state index contributed by atoms with van der Waals surface area (Å²) < 4.78 is 0. The highest BCUT2D eigenvalue weighted by molar-refractivity contribution is 7.10. The minimum Gasteiger partial charge on any atom is -0.360 e. The molecule has 1 aliphatic heterocycles. The third-order valence-corrected chi connectivity index (χ3v) is 6.23. The number of nitrogens with one attached hydrogen (secondary N) is 3. The van der Waals surface area contributed by atoms with Gasteiger partial charge >= 0.3 is 0 Å². The molecule has 2 aromatic rings. The number of piperazine rings is 1. The zero-order valence-electron chi connectivity index (χ0n) is 17.5. The number of anilines is 1. The van der Waals surface area contributed by atoms with Crippen LogP contribution in [0.1, 0.15) is 31.2 Å². The van der Waals surface area contributed by atoms with Gasteiger partial charge in [-0.25, -0.2) is 4.99 Å². The summed E-state index contributed by atoms with van der Waals surface area (Å²) in [5, 5.41) is 11.8. The van der Waals surface area contributed by atoms with Gasteiger partial charge in [0.15, 0.2) is 5.96 Å². The average Bonchev–Trinajstić information content (AvgIpc) is 3.26. The summed E-state index contributed by atoms with van der Waals surface area (Å²) >= 11 is 1.79. The number of carbonyl (C=O) groups is 1. The number of nitrogens with zero attached hydrogens (tertiary/aromatic N) is 2. The second-order valence-electron chi connectivity index (χ2n) is 7.85. The van der Waals surface area contributed by atoms with E-state index in [-0.39, 0.29) is 11.3 Å². The van der Waals surface area contributed by atoms with E-state index in [1.54, 1.807) is 11.3 Å². The number of aliphatic imine (C=N–C) groups is 1. The van der Waals surface area contributed by atoms with Crippen molar-refractivity contribution in [3.05, 3.63) is 52.2 Å². The maximum atomic E-state index is 11.6. The number of benzene rings is 1. The molecule has 6 nitrogen and oxygen atoms in total. The summed E-state index contributed by atoms with van der Waals surface area (Å²) in [5.41, 5.74) is 2.27. The van der Waals surface area contributed by atoms with Gasteiger partial charge in [-0.15, -0.1) is 11.3 Å². The summed E-state index contributed by atoms with van der Waals surface area (Å²) in [6.07, 6.45) is 0. The van der Waals surface area contributed by atoms with E-state index in [9.17, 15) is 4.79 Å². The summed E-state index contributed by atoms with van der Waals surface area (Å²) in [6, 6.07) is 12.6. The van der Waals surface area contributed by atoms with Crippen LogP contribution in [0.4, 0.5) is 5.69 Å². The highest BCUT2D eigenvalue weighted by atomic mass is 32.1. The van der Waals surface area contributed by atoms with Gasteiger partial charge in [0.1, 0.15) is 0 Å². The molecule has 0 unspecified atom stereocenters. The topological polar surface area (TPSA) is 68.8 Å². The molecule has 0 atom stereocenters. The fourth-order valence-electron chi connectivity index (χ4n) is 3.24. The molecule has 0 radical (unpaired) electrons. The van der Waals surface area contributed by atoms with Crippen LogP contribution < -0.4 is 20.9 Å². The molecule has 29 heavy (non-hydrogen) atoms. The van der Waals surface area contributed by atoms with E-state index in [4.69, 9.17) is 4.99 Å². The zero-order chi connectivity index (χ0) is 20.7. The van der Waals surface area contributed by atoms with Gasteiger partial charge in [-0.2, -0.15) is 0 Å². The first-order valence-electron chi connectivity index (χ1n) is 10.1. The maximum Gasteiger partial charge on any atom is 0.239 e. The van der Waals surface area contributed by atoms with E-state index >= 15 is 0 Å². The van der Waals surface area contributed by atoms with Crippen LogP contribution in [0.25, 0.3) is 0 Å². The number of guanidine groups is 1. The number of hydrogen-bond acceptors (Lipinski definition) is 4. The van der Waals surface area contributed by atoms with Gasteiger partial charge in [0.05, 0.1) is 13.1 Å². The van der Waals surface area contributed by atoms with Gasteiger partial charge in [-0.3, -0.25) is 4.79 Å². The Hall–Kier alpha value is -2.54. The molecule has 1 aromatic carbocycles. The predicted molar refractivity (Wildman–Crippen MR) is 122 cm³/mol. The molecular weight excluding hydrogens is 382 g/mol. The highest BCUT2D eigenvalue weighted by Crippen LogP contribution is 2.26. The fourth-order valence-corrected chi connectivity index (χ4v) is 4.09. The van der Waals surface area contributed by atoms with E-state index < -0.39 is 0 Å². The van der Waals surface area contributed by atoms with E-state index in [0.717, 1.165) is 36.8 Å². The third-order valence-electron chi connectivity index (χ3n) is 4.99. The molecule has 0 aliphatic carbocycles. The summed E-state index contributed by atoms with van der Waals surface area (Å²) in [6.45, 7) is 10.8. The Balaban J connectivity index is 1.58. The summed E-state index contributed by atoms with van der Waals surface area (Å²) in [4.78, 5) is 19.8. The van der Waals surface area contributed by atoms with Crippen LogP contribution in [0.2, 0.25) is 0 Å². The minimum atomic E-state index is 0.0484. The normalized spacial score (nSPS) is 15.2. The van der Waals surface area contributed by atoms with Gasteiger partial charge in [0.2, 0.25) is 5.91 Å². The second kappa shape index (κ2) is 9.78. The lowest BCUT2D eigenvalue weighted by Gasteiger charge is -2.28. The molecule has 0 spiro atoms. The van der Waals surface area contributed by atoms with Crippen LogP contribution >= 0.6 is 11.3 Å². The molecule has 0 saturated carbocycles. The zero-order valence-corrected chi connectivity index (χ0v) is 18.3. The number of hydrogen-bond donors (Lipinski definition) is 3. The molecule has 1 aromatic heterocycles. The minimum absolute atomic E-state index is 0.0484. The van der Waals surface area contributed by atoms with Crippen LogP contribution in [-0.2, 0) is 16.8 Å². The summed E-state index contributed by atoms with van der Waals surface area (Å²) in [5.74, 6) is 0.908.